The first kappa shape index (κ1) is 10.8. The van der Waals surface area contributed by atoms with Gasteiger partial charge in [-0.15, -0.1) is 0 Å². The van der Waals surface area contributed by atoms with E-state index in [-0.39, 0.29) is 17.6 Å². The number of nitrogen functional groups attached to an aromatic ring is 1. The molecule has 0 aromatic carbocycles. The molecule has 1 amide bonds. The third-order valence-electron chi connectivity index (χ3n) is 2.10. The molecular formula is C8H12N4O4. The first-order chi connectivity index (χ1) is 7.77. The Bertz CT molecular complexity index is 361. The second-order valence-corrected chi connectivity index (χ2v) is 3.28. The molecule has 3 N–H and O–H groups in total. The van der Waals surface area contributed by atoms with Crippen LogP contribution in [-0.4, -0.2) is 48.7 Å². The van der Waals surface area contributed by atoms with Gasteiger partial charge in [0.15, 0.2) is 0 Å². The summed E-state index contributed by atoms with van der Waals surface area (Å²) in [6.07, 6.45) is -0.140. The van der Waals surface area contributed by atoms with Crippen molar-refractivity contribution < 1.29 is 18.9 Å². The van der Waals surface area contributed by atoms with Crippen LogP contribution in [0.1, 0.15) is 10.5 Å². The summed E-state index contributed by atoms with van der Waals surface area (Å²) < 4.78 is 14.8. The number of nitrogens with zero attached hydrogens (tertiary/aromatic N) is 2. The van der Waals surface area contributed by atoms with E-state index in [0.717, 1.165) is 0 Å². The molecule has 1 atom stereocenters. The lowest BCUT2D eigenvalue weighted by molar-refractivity contribution is -0.0855. The van der Waals surface area contributed by atoms with Crippen molar-refractivity contribution in [3.8, 4) is 0 Å². The lowest BCUT2D eigenvalue weighted by Gasteiger charge is -2.22. The number of nitrogens with two attached hydrogens (primary N) is 1. The third-order valence-corrected chi connectivity index (χ3v) is 2.10. The average Bonchev–Trinajstić information content (AvgIpc) is 2.74. The van der Waals surface area contributed by atoms with E-state index in [2.05, 4.69) is 20.3 Å². The molecule has 1 aromatic heterocycles. The molecule has 0 saturated carbocycles. The van der Waals surface area contributed by atoms with Crippen LogP contribution in [0.5, 0.6) is 0 Å². The Morgan fingerprint density at radius 2 is 2.38 bits per heavy atom. The summed E-state index contributed by atoms with van der Waals surface area (Å²) in [6, 6.07) is 0. The Hall–Kier alpha value is -1.67. The second kappa shape index (κ2) is 4.90. The summed E-state index contributed by atoms with van der Waals surface area (Å²) in [5.41, 5.74) is 5.35. The molecule has 0 aliphatic carbocycles. The highest BCUT2D eigenvalue weighted by Crippen LogP contribution is 2.04. The van der Waals surface area contributed by atoms with E-state index < -0.39 is 5.91 Å². The number of rotatable bonds is 3. The SMILES string of the molecule is Nc1nonc1C(=O)NCC1COCCO1. The first-order valence-corrected chi connectivity index (χ1v) is 4.83. The fraction of sp³-hybridized carbons (Fsp3) is 0.625. The number of aromatic nitrogens is 2. The van der Waals surface area contributed by atoms with E-state index in [1.165, 1.54) is 0 Å². The normalized spacial score (nSPS) is 20.6. The van der Waals surface area contributed by atoms with Crippen molar-refractivity contribution in [2.24, 2.45) is 0 Å². The largest absolute Gasteiger partial charge is 0.379 e. The molecule has 1 aliphatic heterocycles. The van der Waals surface area contributed by atoms with Gasteiger partial charge in [-0.2, -0.15) is 0 Å². The number of carbonyl (C=O) groups excluding carboxylic acids is 1. The maximum absolute atomic E-state index is 11.5. The quantitative estimate of drug-likeness (QED) is 0.667. The third kappa shape index (κ3) is 2.47. The zero-order chi connectivity index (χ0) is 11.4. The van der Waals surface area contributed by atoms with Gasteiger partial charge in [0.2, 0.25) is 11.5 Å². The number of anilines is 1. The van der Waals surface area contributed by atoms with Crippen LogP contribution in [-0.2, 0) is 9.47 Å². The van der Waals surface area contributed by atoms with Gasteiger partial charge in [-0.3, -0.25) is 4.79 Å². The van der Waals surface area contributed by atoms with E-state index in [1.807, 2.05) is 0 Å². The Morgan fingerprint density at radius 1 is 1.50 bits per heavy atom. The van der Waals surface area contributed by atoms with Crippen molar-refractivity contribution >= 4 is 11.7 Å². The number of hydrogen-bond acceptors (Lipinski definition) is 7. The van der Waals surface area contributed by atoms with Crippen LogP contribution in [0, 0.1) is 0 Å². The van der Waals surface area contributed by atoms with Crippen LogP contribution in [0.25, 0.3) is 0 Å². The van der Waals surface area contributed by atoms with Gasteiger partial charge in [-0.05, 0) is 10.3 Å². The minimum Gasteiger partial charge on any atom is -0.379 e. The standard InChI is InChI=1S/C8H12N4O4/c9-7-6(11-16-12-7)8(13)10-3-5-4-14-1-2-15-5/h5H,1-4H2,(H2,9,12)(H,10,13). The van der Waals surface area contributed by atoms with Crippen molar-refractivity contribution in [2.75, 3.05) is 32.1 Å². The maximum Gasteiger partial charge on any atom is 0.277 e. The molecule has 0 spiro atoms. The summed E-state index contributed by atoms with van der Waals surface area (Å²) >= 11 is 0. The molecule has 8 nitrogen and oxygen atoms in total. The molecule has 0 radical (unpaired) electrons. The van der Waals surface area contributed by atoms with Gasteiger partial charge >= 0.3 is 0 Å². The molecule has 2 heterocycles. The molecule has 16 heavy (non-hydrogen) atoms. The predicted octanol–water partition coefficient (Wildman–Crippen LogP) is -1.20. The highest BCUT2D eigenvalue weighted by molar-refractivity contribution is 5.95. The van der Waals surface area contributed by atoms with Crippen molar-refractivity contribution in [2.45, 2.75) is 6.10 Å². The van der Waals surface area contributed by atoms with Crippen LogP contribution >= 0.6 is 0 Å². The van der Waals surface area contributed by atoms with Gasteiger partial charge < -0.3 is 20.5 Å². The number of nitrogens with one attached hydrogen (secondary N) is 1. The van der Waals surface area contributed by atoms with Crippen LogP contribution in [0.3, 0.4) is 0 Å². The summed E-state index contributed by atoms with van der Waals surface area (Å²) in [5.74, 6) is -0.466. The zero-order valence-electron chi connectivity index (χ0n) is 8.51. The predicted molar refractivity (Wildman–Crippen MR) is 51.6 cm³/mol. The Kier molecular flexibility index (Phi) is 3.32. The van der Waals surface area contributed by atoms with Crippen LogP contribution < -0.4 is 11.1 Å². The Balaban J connectivity index is 1.81. The molecule has 1 aliphatic rings. The van der Waals surface area contributed by atoms with E-state index >= 15 is 0 Å². The maximum atomic E-state index is 11.5. The van der Waals surface area contributed by atoms with Gasteiger partial charge in [0.05, 0.1) is 25.9 Å². The summed E-state index contributed by atoms with van der Waals surface area (Å²) in [7, 11) is 0. The minimum atomic E-state index is -0.437. The lowest BCUT2D eigenvalue weighted by Crippen LogP contribution is -2.39. The first-order valence-electron chi connectivity index (χ1n) is 4.83. The number of amides is 1. The van der Waals surface area contributed by atoms with E-state index in [0.29, 0.717) is 26.4 Å². The molecule has 1 unspecified atom stereocenters. The number of carbonyl (C=O) groups is 1. The topological polar surface area (TPSA) is 112 Å². The van der Waals surface area contributed by atoms with Crippen molar-refractivity contribution in [3.05, 3.63) is 5.69 Å². The Labute approximate surface area is 91.0 Å². The molecule has 1 fully saturated rings. The highest BCUT2D eigenvalue weighted by Gasteiger charge is 2.19. The second-order valence-electron chi connectivity index (χ2n) is 3.28. The number of ether oxygens (including phenoxy) is 2. The van der Waals surface area contributed by atoms with Crippen LogP contribution in [0.4, 0.5) is 5.82 Å². The zero-order valence-corrected chi connectivity index (χ0v) is 8.51. The molecule has 2 rings (SSSR count). The van der Waals surface area contributed by atoms with Gasteiger partial charge in [-0.1, -0.05) is 0 Å². The lowest BCUT2D eigenvalue weighted by atomic mass is 10.3. The monoisotopic (exact) mass is 228 g/mol. The number of hydrogen-bond donors (Lipinski definition) is 2. The average molecular weight is 228 g/mol. The van der Waals surface area contributed by atoms with Crippen LogP contribution in [0.2, 0.25) is 0 Å². The van der Waals surface area contributed by atoms with E-state index in [1.54, 1.807) is 0 Å². The molecule has 1 saturated heterocycles. The van der Waals surface area contributed by atoms with Gasteiger partial charge in [0, 0.05) is 6.54 Å². The van der Waals surface area contributed by atoms with Crippen molar-refractivity contribution in [1.29, 1.82) is 0 Å². The molecular weight excluding hydrogens is 216 g/mol. The highest BCUT2D eigenvalue weighted by atomic mass is 16.6. The Morgan fingerprint density at radius 3 is 3.00 bits per heavy atom. The van der Waals surface area contributed by atoms with E-state index in [9.17, 15) is 4.79 Å². The van der Waals surface area contributed by atoms with Gasteiger partial charge in [0.1, 0.15) is 0 Å². The van der Waals surface area contributed by atoms with Crippen molar-refractivity contribution in [3.63, 3.8) is 0 Å². The fourth-order valence-corrected chi connectivity index (χ4v) is 1.30. The van der Waals surface area contributed by atoms with E-state index in [4.69, 9.17) is 15.2 Å². The van der Waals surface area contributed by atoms with Gasteiger partial charge in [0.25, 0.3) is 5.91 Å². The van der Waals surface area contributed by atoms with Gasteiger partial charge in [-0.25, -0.2) is 4.63 Å². The smallest absolute Gasteiger partial charge is 0.277 e. The molecule has 0 bridgehead atoms. The fourth-order valence-electron chi connectivity index (χ4n) is 1.30. The van der Waals surface area contributed by atoms with Crippen molar-refractivity contribution in [1.82, 2.24) is 15.6 Å². The summed E-state index contributed by atoms with van der Waals surface area (Å²) in [5, 5.41) is 9.30. The summed E-state index contributed by atoms with van der Waals surface area (Å²) in [6.45, 7) is 1.93. The summed E-state index contributed by atoms with van der Waals surface area (Å²) in [4.78, 5) is 11.5. The molecule has 1 aromatic rings. The minimum absolute atomic E-state index is 0.0169. The molecule has 8 heteroatoms. The van der Waals surface area contributed by atoms with Crippen LogP contribution in [0.15, 0.2) is 4.63 Å². The molecule has 88 valence electrons.